The Labute approximate surface area is 229 Å². The van der Waals surface area contributed by atoms with E-state index in [1.165, 1.54) is 13.8 Å². The molecule has 1 fully saturated rings. The van der Waals surface area contributed by atoms with Crippen molar-refractivity contribution in [3.05, 3.63) is 71.5 Å². The smallest absolute Gasteiger partial charge is 0.345 e. The number of sulfone groups is 1. The van der Waals surface area contributed by atoms with Crippen molar-refractivity contribution >= 4 is 27.4 Å². The maximum absolute atomic E-state index is 14.0. The lowest BCUT2D eigenvalue weighted by Crippen LogP contribution is -2.60. The number of amides is 2. The van der Waals surface area contributed by atoms with Crippen LogP contribution in [0.2, 0.25) is 0 Å². The average Bonchev–Trinajstić information content (AvgIpc) is 3.68. The van der Waals surface area contributed by atoms with Gasteiger partial charge in [-0.05, 0) is 55.9 Å². The van der Waals surface area contributed by atoms with Crippen molar-refractivity contribution in [3.8, 4) is 0 Å². The second-order valence-corrected chi connectivity index (χ2v) is 12.5. The molecular formula is C27H31F4N3O5S. The highest BCUT2D eigenvalue weighted by Crippen LogP contribution is 2.34. The Kier molecular flexibility index (Phi) is 9.72. The quantitative estimate of drug-likeness (QED) is 0.246. The van der Waals surface area contributed by atoms with Crippen LogP contribution in [0.15, 0.2) is 54.6 Å². The second-order valence-electron chi connectivity index (χ2n) is 10.4. The van der Waals surface area contributed by atoms with Crippen molar-refractivity contribution in [1.29, 1.82) is 0 Å². The van der Waals surface area contributed by atoms with E-state index in [2.05, 4.69) is 16.0 Å². The minimum absolute atomic E-state index is 0.0178. The van der Waals surface area contributed by atoms with Gasteiger partial charge in [0.1, 0.15) is 23.4 Å². The van der Waals surface area contributed by atoms with Gasteiger partial charge in [-0.1, -0.05) is 42.5 Å². The van der Waals surface area contributed by atoms with E-state index >= 15 is 0 Å². The number of carbonyl (C=O) groups excluding carboxylic acids is 3. The van der Waals surface area contributed by atoms with Crippen LogP contribution in [0.5, 0.6) is 0 Å². The summed E-state index contributed by atoms with van der Waals surface area (Å²) in [5.41, 5.74) is -1.63. The molecule has 1 aliphatic rings. The number of rotatable bonds is 13. The Balaban J connectivity index is 1.80. The summed E-state index contributed by atoms with van der Waals surface area (Å²) in [5, 5.41) is 6.73. The van der Waals surface area contributed by atoms with E-state index in [1.807, 2.05) is 0 Å². The minimum Gasteiger partial charge on any atom is -0.345 e. The summed E-state index contributed by atoms with van der Waals surface area (Å²) in [7, 11) is -3.99. The predicted molar refractivity (Wildman–Crippen MR) is 139 cm³/mol. The largest absolute Gasteiger partial charge is 0.407 e. The first-order chi connectivity index (χ1) is 18.6. The molecule has 0 aliphatic heterocycles. The fourth-order valence-corrected chi connectivity index (χ4v) is 5.94. The van der Waals surface area contributed by atoms with Gasteiger partial charge < -0.3 is 10.6 Å². The molecule has 3 rings (SSSR count). The van der Waals surface area contributed by atoms with Crippen LogP contribution < -0.4 is 16.0 Å². The Morgan fingerprint density at radius 1 is 0.975 bits per heavy atom. The zero-order valence-corrected chi connectivity index (χ0v) is 22.7. The molecule has 0 saturated heterocycles. The van der Waals surface area contributed by atoms with E-state index in [1.54, 1.807) is 30.3 Å². The van der Waals surface area contributed by atoms with Crippen LogP contribution in [-0.4, -0.2) is 55.3 Å². The number of carbonyl (C=O) groups is 3. The molecule has 40 heavy (non-hydrogen) atoms. The number of nitrogens with one attached hydrogen (secondary N) is 3. The maximum Gasteiger partial charge on any atom is 0.407 e. The Morgan fingerprint density at radius 3 is 2.12 bits per heavy atom. The molecule has 2 atom stereocenters. The van der Waals surface area contributed by atoms with Gasteiger partial charge in [0, 0.05) is 6.54 Å². The minimum atomic E-state index is -4.99. The zero-order chi connectivity index (χ0) is 29.7. The highest BCUT2D eigenvalue weighted by molar-refractivity contribution is 7.91. The van der Waals surface area contributed by atoms with Crippen molar-refractivity contribution in [2.45, 2.75) is 57.0 Å². The maximum atomic E-state index is 14.0. The molecule has 1 aliphatic carbocycles. The van der Waals surface area contributed by atoms with Crippen molar-refractivity contribution in [1.82, 2.24) is 16.0 Å². The summed E-state index contributed by atoms with van der Waals surface area (Å²) in [5.74, 6) is -5.53. The van der Waals surface area contributed by atoms with Gasteiger partial charge in [0.2, 0.25) is 11.7 Å². The molecule has 13 heteroatoms. The molecule has 2 aromatic carbocycles. The van der Waals surface area contributed by atoms with Crippen LogP contribution in [0.1, 0.15) is 43.9 Å². The highest BCUT2D eigenvalue weighted by Gasteiger charge is 2.45. The highest BCUT2D eigenvalue weighted by atomic mass is 32.2. The fourth-order valence-electron chi connectivity index (χ4n) is 4.00. The third-order valence-corrected chi connectivity index (χ3v) is 8.15. The van der Waals surface area contributed by atoms with E-state index in [0.29, 0.717) is 18.4 Å². The molecule has 2 unspecified atom stereocenters. The third kappa shape index (κ3) is 9.12. The van der Waals surface area contributed by atoms with Crippen molar-refractivity contribution < 1.29 is 40.4 Å². The summed E-state index contributed by atoms with van der Waals surface area (Å²) in [4.78, 5) is 38.6. The summed E-state index contributed by atoms with van der Waals surface area (Å²) in [6.07, 6.45) is -3.67. The van der Waals surface area contributed by atoms with Crippen LogP contribution in [0.3, 0.4) is 0 Å². The summed E-state index contributed by atoms with van der Waals surface area (Å²) >= 11 is 0. The van der Waals surface area contributed by atoms with E-state index in [-0.39, 0.29) is 18.2 Å². The number of halogens is 4. The first-order valence-electron chi connectivity index (χ1n) is 12.5. The first-order valence-corrected chi connectivity index (χ1v) is 14.4. The molecule has 218 valence electrons. The topological polar surface area (TPSA) is 121 Å². The predicted octanol–water partition coefficient (Wildman–Crippen LogP) is 2.99. The molecule has 2 amide bonds. The van der Waals surface area contributed by atoms with Crippen molar-refractivity contribution in [3.63, 3.8) is 0 Å². The van der Waals surface area contributed by atoms with Gasteiger partial charge >= 0.3 is 6.18 Å². The molecule has 0 radical (unpaired) electrons. The standard InChI is InChI=1S/C27H31F4N3O5S/c1-26(2,23(35)25(37)32-14-17-6-4-3-5-7-17)34-24(36)21(16-40(38,39)15-18-8-9-18)33-22(27(29,30)31)19-10-12-20(28)13-11-19/h3-7,10-13,18,21-22,33H,8-9,14-16H2,1-2H3,(H,32,37)(H,34,36). The second kappa shape index (κ2) is 12.5. The van der Waals surface area contributed by atoms with E-state index < -0.39 is 68.4 Å². The lowest BCUT2D eigenvalue weighted by molar-refractivity contribution is -0.160. The first kappa shape index (κ1) is 31.2. The van der Waals surface area contributed by atoms with Crippen LogP contribution in [0.25, 0.3) is 0 Å². The summed E-state index contributed by atoms with van der Waals surface area (Å²) < 4.78 is 81.0. The molecule has 8 nitrogen and oxygen atoms in total. The Bertz CT molecular complexity index is 1310. The number of hydrogen-bond acceptors (Lipinski definition) is 6. The van der Waals surface area contributed by atoms with Gasteiger partial charge in [-0.3, -0.25) is 19.7 Å². The van der Waals surface area contributed by atoms with Gasteiger partial charge in [0.15, 0.2) is 9.84 Å². The van der Waals surface area contributed by atoms with Crippen LogP contribution >= 0.6 is 0 Å². The van der Waals surface area contributed by atoms with E-state index in [0.717, 1.165) is 24.3 Å². The SMILES string of the molecule is CC(C)(NC(=O)C(CS(=O)(=O)CC1CC1)NC(c1ccc(F)cc1)C(F)(F)F)C(=O)C(=O)NCc1ccccc1. The lowest BCUT2D eigenvalue weighted by atomic mass is 9.97. The average molecular weight is 586 g/mol. The normalized spacial score (nSPS) is 15.7. The van der Waals surface area contributed by atoms with E-state index in [4.69, 9.17) is 0 Å². The molecule has 3 N–H and O–H groups in total. The van der Waals surface area contributed by atoms with Crippen molar-refractivity contribution in [2.24, 2.45) is 5.92 Å². The van der Waals surface area contributed by atoms with Crippen LogP contribution in [0, 0.1) is 11.7 Å². The number of hydrogen-bond donors (Lipinski definition) is 3. The van der Waals surface area contributed by atoms with Gasteiger partial charge in [-0.25, -0.2) is 12.8 Å². The number of alkyl halides is 3. The number of ketones is 1. The zero-order valence-electron chi connectivity index (χ0n) is 21.9. The van der Waals surface area contributed by atoms with Crippen LogP contribution in [-0.2, 0) is 30.8 Å². The van der Waals surface area contributed by atoms with Crippen LogP contribution in [0.4, 0.5) is 17.6 Å². The van der Waals surface area contributed by atoms with Gasteiger partial charge in [-0.15, -0.1) is 0 Å². The molecule has 1 saturated carbocycles. The van der Waals surface area contributed by atoms with Gasteiger partial charge in [-0.2, -0.15) is 13.2 Å². The number of benzene rings is 2. The molecule has 2 aromatic rings. The fraction of sp³-hybridized carbons (Fsp3) is 0.444. The van der Waals surface area contributed by atoms with Gasteiger partial charge in [0.05, 0.1) is 11.5 Å². The van der Waals surface area contributed by atoms with Crippen molar-refractivity contribution in [2.75, 3.05) is 11.5 Å². The summed E-state index contributed by atoms with van der Waals surface area (Å²) in [6.45, 7) is 2.39. The summed E-state index contributed by atoms with van der Waals surface area (Å²) in [6, 6.07) is 7.57. The lowest BCUT2D eigenvalue weighted by Gasteiger charge is -2.30. The molecule has 0 aromatic heterocycles. The number of Topliss-reactive ketones (excluding diaryl/α,β-unsaturated/α-hetero) is 1. The Hall–Kier alpha value is -3.32. The van der Waals surface area contributed by atoms with E-state index in [9.17, 15) is 40.4 Å². The molecular weight excluding hydrogens is 554 g/mol. The van der Waals surface area contributed by atoms with Gasteiger partial charge in [0.25, 0.3) is 5.91 Å². The third-order valence-electron chi connectivity index (χ3n) is 6.33. The Morgan fingerprint density at radius 2 is 1.57 bits per heavy atom. The molecule has 0 spiro atoms. The monoisotopic (exact) mass is 585 g/mol. The molecule has 0 heterocycles. The molecule has 0 bridgehead atoms.